The summed E-state index contributed by atoms with van der Waals surface area (Å²) in [5, 5.41) is 15.3. The molecule has 0 aromatic heterocycles. The van der Waals surface area contributed by atoms with Crippen LogP contribution in [0.5, 0.6) is 0 Å². The van der Waals surface area contributed by atoms with Gasteiger partial charge in [-0.1, -0.05) is 18.2 Å². The maximum absolute atomic E-state index is 11.2. The Labute approximate surface area is 93.1 Å². The van der Waals surface area contributed by atoms with E-state index in [0.29, 0.717) is 17.7 Å². The van der Waals surface area contributed by atoms with Crippen molar-refractivity contribution in [1.82, 2.24) is 0 Å². The van der Waals surface area contributed by atoms with E-state index in [1.165, 1.54) is 6.07 Å². The van der Waals surface area contributed by atoms with E-state index in [-0.39, 0.29) is 4.90 Å². The molecular weight excluding hydrogens is 232 g/mol. The number of primary sulfonamides is 1. The van der Waals surface area contributed by atoms with Crippen molar-refractivity contribution in [2.75, 3.05) is 5.75 Å². The number of thiocyanates is 1. The first-order chi connectivity index (χ1) is 7.05. The Morgan fingerprint density at radius 2 is 2.07 bits per heavy atom. The Bertz CT molecular complexity index is 477. The highest BCUT2D eigenvalue weighted by atomic mass is 32.2. The van der Waals surface area contributed by atoms with Gasteiger partial charge in [0.2, 0.25) is 10.0 Å². The van der Waals surface area contributed by atoms with Gasteiger partial charge in [-0.3, -0.25) is 0 Å². The molecule has 0 spiro atoms. The van der Waals surface area contributed by atoms with Gasteiger partial charge in [0, 0.05) is 5.75 Å². The number of hydrogen-bond acceptors (Lipinski definition) is 4. The Morgan fingerprint density at radius 1 is 1.40 bits per heavy atom. The van der Waals surface area contributed by atoms with Crippen molar-refractivity contribution in [1.29, 1.82) is 5.26 Å². The predicted molar refractivity (Wildman–Crippen MR) is 59.6 cm³/mol. The Hall–Kier alpha value is -1.03. The molecule has 0 atom stereocenters. The quantitative estimate of drug-likeness (QED) is 0.632. The average Bonchev–Trinajstić information content (AvgIpc) is 2.17. The summed E-state index contributed by atoms with van der Waals surface area (Å²) in [7, 11) is -3.66. The van der Waals surface area contributed by atoms with Crippen molar-refractivity contribution in [3.8, 4) is 5.40 Å². The highest BCUT2D eigenvalue weighted by molar-refractivity contribution is 8.03. The van der Waals surface area contributed by atoms with Crippen molar-refractivity contribution in [3.63, 3.8) is 0 Å². The molecule has 0 saturated carbocycles. The highest BCUT2D eigenvalue weighted by Gasteiger charge is 2.12. The van der Waals surface area contributed by atoms with E-state index >= 15 is 0 Å². The molecule has 0 aliphatic heterocycles. The summed E-state index contributed by atoms with van der Waals surface area (Å²) in [6.45, 7) is 0. The normalized spacial score (nSPS) is 10.9. The van der Waals surface area contributed by atoms with E-state index in [1.54, 1.807) is 18.2 Å². The number of nitriles is 1. The minimum absolute atomic E-state index is 0.142. The van der Waals surface area contributed by atoms with E-state index in [0.717, 1.165) is 11.8 Å². The molecule has 1 aromatic rings. The largest absolute Gasteiger partial charge is 0.238 e. The first-order valence-corrected chi connectivity index (χ1v) is 6.70. The number of rotatable bonds is 4. The molecule has 0 aliphatic carbocycles. The zero-order chi connectivity index (χ0) is 11.3. The molecule has 80 valence electrons. The van der Waals surface area contributed by atoms with Crippen LogP contribution in [0.15, 0.2) is 29.2 Å². The third-order valence-corrected chi connectivity index (χ3v) is 3.37. The molecule has 0 amide bonds. The molecule has 6 heteroatoms. The maximum atomic E-state index is 11.2. The monoisotopic (exact) mass is 242 g/mol. The van der Waals surface area contributed by atoms with Gasteiger partial charge >= 0.3 is 0 Å². The van der Waals surface area contributed by atoms with Crippen LogP contribution in [0.4, 0.5) is 0 Å². The van der Waals surface area contributed by atoms with Gasteiger partial charge in [0.15, 0.2) is 0 Å². The van der Waals surface area contributed by atoms with Gasteiger partial charge in [-0.15, -0.1) is 0 Å². The Morgan fingerprint density at radius 3 is 2.67 bits per heavy atom. The third kappa shape index (κ3) is 3.55. The summed E-state index contributed by atoms with van der Waals surface area (Å²) in [5.41, 5.74) is 0.655. The van der Waals surface area contributed by atoms with Crippen LogP contribution in [0.2, 0.25) is 0 Å². The lowest BCUT2D eigenvalue weighted by atomic mass is 10.2. The highest BCUT2D eigenvalue weighted by Crippen LogP contribution is 2.15. The van der Waals surface area contributed by atoms with Crippen LogP contribution >= 0.6 is 11.8 Å². The van der Waals surface area contributed by atoms with Crippen LogP contribution < -0.4 is 5.14 Å². The molecule has 0 heterocycles. The van der Waals surface area contributed by atoms with Crippen LogP contribution in [0, 0.1) is 10.7 Å². The Kier molecular flexibility index (Phi) is 4.15. The van der Waals surface area contributed by atoms with Crippen LogP contribution in [0.1, 0.15) is 5.56 Å². The number of thioether (sulfide) groups is 1. The summed E-state index contributed by atoms with van der Waals surface area (Å²) in [6.07, 6.45) is 0.519. The number of benzene rings is 1. The zero-order valence-electron chi connectivity index (χ0n) is 7.88. The van der Waals surface area contributed by atoms with Gasteiger partial charge in [0.05, 0.1) is 4.90 Å². The fourth-order valence-electron chi connectivity index (χ4n) is 1.19. The summed E-state index contributed by atoms with van der Waals surface area (Å²) in [4.78, 5) is 0.142. The lowest BCUT2D eigenvalue weighted by Gasteiger charge is -2.05. The minimum Gasteiger partial charge on any atom is -0.225 e. The molecule has 0 fully saturated rings. The van der Waals surface area contributed by atoms with Crippen molar-refractivity contribution in [2.24, 2.45) is 5.14 Å². The van der Waals surface area contributed by atoms with E-state index in [9.17, 15) is 8.42 Å². The SMILES string of the molecule is N#CSCCc1ccccc1S(N)(=O)=O. The molecule has 0 unspecified atom stereocenters. The van der Waals surface area contributed by atoms with Gasteiger partial charge in [-0.05, 0) is 29.8 Å². The predicted octanol–water partition coefficient (Wildman–Crippen LogP) is 1.09. The summed E-state index contributed by atoms with van der Waals surface area (Å²) < 4.78 is 22.4. The second-order valence-electron chi connectivity index (χ2n) is 2.84. The first-order valence-electron chi connectivity index (χ1n) is 4.17. The number of sulfonamides is 1. The average molecular weight is 242 g/mol. The summed E-state index contributed by atoms with van der Waals surface area (Å²) in [6, 6.07) is 6.56. The van der Waals surface area contributed by atoms with Gasteiger partial charge in [0.1, 0.15) is 5.40 Å². The van der Waals surface area contributed by atoms with Crippen LogP contribution in [0.25, 0.3) is 0 Å². The molecule has 1 aromatic carbocycles. The van der Waals surface area contributed by atoms with Crippen LogP contribution in [-0.4, -0.2) is 14.2 Å². The second kappa shape index (κ2) is 5.16. The van der Waals surface area contributed by atoms with Gasteiger partial charge < -0.3 is 0 Å². The van der Waals surface area contributed by atoms with Crippen molar-refractivity contribution in [2.45, 2.75) is 11.3 Å². The van der Waals surface area contributed by atoms with Crippen LogP contribution in [0.3, 0.4) is 0 Å². The van der Waals surface area contributed by atoms with Crippen molar-refractivity contribution in [3.05, 3.63) is 29.8 Å². The smallest absolute Gasteiger partial charge is 0.225 e. The minimum atomic E-state index is -3.66. The molecule has 15 heavy (non-hydrogen) atoms. The fourth-order valence-corrected chi connectivity index (χ4v) is 2.41. The van der Waals surface area contributed by atoms with E-state index in [2.05, 4.69) is 0 Å². The van der Waals surface area contributed by atoms with E-state index in [4.69, 9.17) is 10.4 Å². The summed E-state index contributed by atoms with van der Waals surface area (Å²) >= 11 is 1.09. The number of nitrogens with two attached hydrogens (primary N) is 1. The van der Waals surface area contributed by atoms with Crippen LogP contribution in [-0.2, 0) is 16.4 Å². The molecule has 4 nitrogen and oxygen atoms in total. The van der Waals surface area contributed by atoms with Gasteiger partial charge in [-0.2, -0.15) is 5.26 Å². The van der Waals surface area contributed by atoms with Gasteiger partial charge in [-0.25, -0.2) is 13.6 Å². The fraction of sp³-hybridized carbons (Fsp3) is 0.222. The lowest BCUT2D eigenvalue weighted by Crippen LogP contribution is -2.14. The lowest BCUT2D eigenvalue weighted by molar-refractivity contribution is 0.597. The summed E-state index contributed by atoms with van der Waals surface area (Å²) in [5.74, 6) is 0.559. The van der Waals surface area contributed by atoms with E-state index in [1.807, 2.05) is 5.40 Å². The molecule has 0 bridgehead atoms. The third-order valence-electron chi connectivity index (χ3n) is 1.82. The zero-order valence-corrected chi connectivity index (χ0v) is 9.51. The number of hydrogen-bond donors (Lipinski definition) is 1. The van der Waals surface area contributed by atoms with Crippen molar-refractivity contribution >= 4 is 21.8 Å². The second-order valence-corrected chi connectivity index (χ2v) is 5.25. The van der Waals surface area contributed by atoms with Gasteiger partial charge in [0.25, 0.3) is 0 Å². The number of aryl methyl sites for hydroxylation is 1. The molecular formula is C9H10N2O2S2. The molecule has 0 radical (unpaired) electrons. The Balaban J connectivity index is 2.94. The topological polar surface area (TPSA) is 83.9 Å². The maximum Gasteiger partial charge on any atom is 0.238 e. The number of nitrogens with zero attached hydrogens (tertiary/aromatic N) is 1. The standard InChI is InChI=1S/C9H10N2O2S2/c10-7-14-6-5-8-3-1-2-4-9(8)15(11,12)13/h1-4H,5-6H2,(H2,11,12,13). The van der Waals surface area contributed by atoms with Crippen molar-refractivity contribution < 1.29 is 8.42 Å². The molecule has 0 aliphatic rings. The van der Waals surface area contributed by atoms with E-state index < -0.39 is 10.0 Å². The first kappa shape index (κ1) is 12.0. The molecule has 0 saturated heterocycles. The molecule has 2 N–H and O–H groups in total. The molecule has 1 rings (SSSR count).